The second-order valence-corrected chi connectivity index (χ2v) is 6.44. The summed E-state index contributed by atoms with van der Waals surface area (Å²) in [4.78, 5) is 20.3. The van der Waals surface area contributed by atoms with E-state index in [4.69, 9.17) is 11.5 Å². The van der Waals surface area contributed by atoms with E-state index in [1.54, 1.807) is 0 Å². The van der Waals surface area contributed by atoms with Crippen molar-refractivity contribution < 1.29 is 4.79 Å². The third-order valence-electron chi connectivity index (χ3n) is 3.78. The molecule has 1 atom stereocenters. The number of anilines is 2. The highest BCUT2D eigenvalue weighted by atomic mass is 32.2. The van der Waals surface area contributed by atoms with E-state index >= 15 is 0 Å². The highest BCUT2D eigenvalue weighted by molar-refractivity contribution is 7.99. The van der Waals surface area contributed by atoms with Crippen LogP contribution in [0.2, 0.25) is 0 Å². The molecule has 6 nitrogen and oxygen atoms in total. The molecule has 0 saturated heterocycles. The molecule has 1 heterocycles. The number of benzene rings is 1. The molecule has 5 N–H and O–H groups in total. The van der Waals surface area contributed by atoms with Crippen LogP contribution in [0.3, 0.4) is 0 Å². The van der Waals surface area contributed by atoms with Crippen molar-refractivity contribution in [2.45, 2.75) is 30.5 Å². The molecule has 23 heavy (non-hydrogen) atoms. The van der Waals surface area contributed by atoms with E-state index in [-0.39, 0.29) is 17.7 Å². The number of aryl methyl sites for hydroxylation is 1. The Bertz CT molecular complexity index is 701. The van der Waals surface area contributed by atoms with Crippen LogP contribution in [0.5, 0.6) is 0 Å². The number of hydrogen-bond donors (Lipinski definition) is 3. The minimum atomic E-state index is -0.0405. The maximum absolute atomic E-state index is 12.2. The molecule has 1 aromatic heterocycles. The van der Waals surface area contributed by atoms with Crippen LogP contribution in [0.1, 0.15) is 30.0 Å². The Labute approximate surface area is 139 Å². The van der Waals surface area contributed by atoms with Crippen molar-refractivity contribution in [1.29, 1.82) is 0 Å². The van der Waals surface area contributed by atoms with Gasteiger partial charge in [-0.3, -0.25) is 4.79 Å². The second kappa shape index (κ2) is 6.87. The van der Waals surface area contributed by atoms with Gasteiger partial charge < -0.3 is 16.8 Å². The monoisotopic (exact) mass is 329 g/mol. The number of hydrogen-bond acceptors (Lipinski definition) is 6. The summed E-state index contributed by atoms with van der Waals surface area (Å²) in [5.41, 5.74) is 13.8. The number of carbonyl (C=O) groups is 1. The van der Waals surface area contributed by atoms with Gasteiger partial charge in [-0.05, 0) is 30.4 Å². The molecule has 0 saturated carbocycles. The minimum Gasteiger partial charge on any atom is -0.383 e. The van der Waals surface area contributed by atoms with E-state index in [9.17, 15) is 4.79 Å². The Morgan fingerprint density at radius 2 is 2.00 bits per heavy atom. The molecule has 1 amide bonds. The lowest BCUT2D eigenvalue weighted by Gasteiger charge is -2.26. The number of nitrogens with one attached hydrogen (secondary N) is 1. The molecule has 120 valence electrons. The number of aromatic nitrogens is 2. The summed E-state index contributed by atoms with van der Waals surface area (Å²) >= 11 is 1.23. The lowest BCUT2D eigenvalue weighted by atomic mass is 9.88. The average molecular weight is 329 g/mol. The van der Waals surface area contributed by atoms with Gasteiger partial charge in [0.05, 0.1) is 11.8 Å². The van der Waals surface area contributed by atoms with Crippen molar-refractivity contribution in [2.24, 2.45) is 0 Å². The van der Waals surface area contributed by atoms with Crippen molar-refractivity contribution in [2.75, 3.05) is 17.2 Å². The van der Waals surface area contributed by atoms with E-state index in [2.05, 4.69) is 27.4 Å². The molecule has 0 radical (unpaired) electrons. The number of fused-ring (bicyclic) bond motifs is 1. The lowest BCUT2D eigenvalue weighted by molar-refractivity contribution is -0.119. The Morgan fingerprint density at radius 3 is 2.78 bits per heavy atom. The number of nitrogen functional groups attached to an aromatic ring is 2. The summed E-state index contributed by atoms with van der Waals surface area (Å²) in [6, 6.07) is 9.85. The van der Waals surface area contributed by atoms with Crippen molar-refractivity contribution in [3.63, 3.8) is 0 Å². The van der Waals surface area contributed by atoms with Crippen molar-refractivity contribution in [1.82, 2.24) is 15.3 Å². The zero-order valence-electron chi connectivity index (χ0n) is 12.7. The normalized spacial score (nSPS) is 16.6. The van der Waals surface area contributed by atoms with Crippen LogP contribution >= 0.6 is 11.8 Å². The minimum absolute atomic E-state index is 0.0405. The summed E-state index contributed by atoms with van der Waals surface area (Å²) in [6.45, 7) is 0. The molecule has 0 bridgehead atoms. The summed E-state index contributed by atoms with van der Waals surface area (Å²) in [5.74, 6) is 0.811. The first-order valence-electron chi connectivity index (χ1n) is 7.52. The molecule has 1 aromatic carbocycles. The molecule has 0 aliphatic heterocycles. The van der Waals surface area contributed by atoms with Gasteiger partial charge in [-0.1, -0.05) is 36.0 Å². The molecule has 0 unspecified atom stereocenters. The number of nitrogens with zero attached hydrogens (tertiary/aromatic N) is 2. The first-order chi connectivity index (χ1) is 11.1. The number of nitrogens with two attached hydrogens (primary N) is 2. The molecule has 1 aliphatic rings. The topological polar surface area (TPSA) is 107 Å². The van der Waals surface area contributed by atoms with Gasteiger partial charge >= 0.3 is 0 Å². The van der Waals surface area contributed by atoms with Gasteiger partial charge in [-0.15, -0.1) is 0 Å². The third-order valence-corrected chi connectivity index (χ3v) is 4.63. The Balaban J connectivity index is 1.60. The maximum atomic E-state index is 12.2. The molecule has 3 rings (SSSR count). The predicted molar refractivity (Wildman–Crippen MR) is 91.8 cm³/mol. The average Bonchev–Trinajstić information content (AvgIpc) is 2.52. The lowest BCUT2D eigenvalue weighted by Crippen LogP contribution is -2.32. The summed E-state index contributed by atoms with van der Waals surface area (Å²) in [6.07, 6.45) is 3.13. The quantitative estimate of drug-likeness (QED) is 0.584. The van der Waals surface area contributed by atoms with Gasteiger partial charge in [0.2, 0.25) is 5.91 Å². The first kappa shape index (κ1) is 15.6. The number of carbonyl (C=O) groups excluding carboxylic acids is 1. The van der Waals surface area contributed by atoms with Gasteiger partial charge in [0.25, 0.3) is 0 Å². The smallest absolute Gasteiger partial charge is 0.230 e. The van der Waals surface area contributed by atoms with Gasteiger partial charge in [0.15, 0.2) is 5.16 Å². The highest BCUT2D eigenvalue weighted by Gasteiger charge is 2.21. The molecular weight excluding hydrogens is 310 g/mol. The number of rotatable bonds is 4. The maximum Gasteiger partial charge on any atom is 0.230 e. The van der Waals surface area contributed by atoms with E-state index in [0.29, 0.717) is 16.8 Å². The number of amides is 1. The summed E-state index contributed by atoms with van der Waals surface area (Å²) in [7, 11) is 0. The van der Waals surface area contributed by atoms with Crippen LogP contribution < -0.4 is 16.8 Å². The molecule has 0 fully saturated rings. The van der Waals surface area contributed by atoms with Crippen LogP contribution in [-0.2, 0) is 11.2 Å². The van der Waals surface area contributed by atoms with Crippen molar-refractivity contribution in [3.05, 3.63) is 41.5 Å². The number of thioether (sulfide) groups is 1. The Hall–Kier alpha value is -2.28. The van der Waals surface area contributed by atoms with Crippen LogP contribution in [0, 0.1) is 0 Å². The standard InChI is InChI=1S/C16H19N5OS/c17-13-8-14(18)21-16(20-13)23-9-15(22)19-12-7-3-5-10-4-1-2-6-11(10)12/h1-2,4,6,8,12H,3,5,7,9H2,(H,19,22)(H4,17,18,20,21)/t12-/m0/s1. The van der Waals surface area contributed by atoms with Crippen LogP contribution in [-0.4, -0.2) is 21.6 Å². The fraction of sp³-hybridized carbons (Fsp3) is 0.312. The van der Waals surface area contributed by atoms with E-state index in [1.165, 1.54) is 29.0 Å². The van der Waals surface area contributed by atoms with E-state index in [0.717, 1.165) is 19.3 Å². The molecule has 2 aromatic rings. The van der Waals surface area contributed by atoms with Crippen molar-refractivity contribution in [3.8, 4) is 0 Å². The fourth-order valence-corrected chi connectivity index (χ4v) is 3.48. The second-order valence-electron chi connectivity index (χ2n) is 5.50. The van der Waals surface area contributed by atoms with Gasteiger partial charge in [-0.25, -0.2) is 9.97 Å². The molecule has 1 aliphatic carbocycles. The highest BCUT2D eigenvalue weighted by Crippen LogP contribution is 2.29. The molecule has 7 heteroatoms. The SMILES string of the molecule is Nc1cc(N)nc(SCC(=O)N[C@H]2CCCc3ccccc32)n1. The third kappa shape index (κ3) is 3.92. The predicted octanol–water partition coefficient (Wildman–Crippen LogP) is 1.93. The Morgan fingerprint density at radius 1 is 1.26 bits per heavy atom. The zero-order chi connectivity index (χ0) is 16.2. The van der Waals surface area contributed by atoms with Crippen LogP contribution in [0.4, 0.5) is 11.6 Å². The first-order valence-corrected chi connectivity index (χ1v) is 8.50. The molecular formula is C16H19N5OS. The fourth-order valence-electron chi connectivity index (χ4n) is 2.80. The van der Waals surface area contributed by atoms with Crippen LogP contribution in [0.15, 0.2) is 35.5 Å². The summed E-state index contributed by atoms with van der Waals surface area (Å²) < 4.78 is 0. The zero-order valence-corrected chi connectivity index (χ0v) is 13.5. The van der Waals surface area contributed by atoms with Crippen LogP contribution in [0.25, 0.3) is 0 Å². The van der Waals surface area contributed by atoms with E-state index in [1.807, 2.05) is 12.1 Å². The van der Waals surface area contributed by atoms with E-state index < -0.39 is 0 Å². The van der Waals surface area contributed by atoms with Gasteiger partial charge in [0.1, 0.15) is 11.6 Å². The summed E-state index contributed by atoms with van der Waals surface area (Å²) in [5, 5.41) is 3.51. The Kier molecular flexibility index (Phi) is 4.66. The largest absolute Gasteiger partial charge is 0.383 e. The van der Waals surface area contributed by atoms with Gasteiger partial charge in [0, 0.05) is 6.07 Å². The molecule has 0 spiro atoms. The van der Waals surface area contributed by atoms with Crippen molar-refractivity contribution >= 4 is 29.3 Å². The van der Waals surface area contributed by atoms with Gasteiger partial charge in [-0.2, -0.15) is 0 Å².